The number of halogens is 1. The van der Waals surface area contributed by atoms with Crippen molar-refractivity contribution in [3.63, 3.8) is 0 Å². The van der Waals surface area contributed by atoms with Crippen LogP contribution in [0.5, 0.6) is 0 Å². The van der Waals surface area contributed by atoms with Crippen LogP contribution in [0.1, 0.15) is 29.3 Å². The van der Waals surface area contributed by atoms with E-state index in [1.807, 2.05) is 28.7 Å². The smallest absolute Gasteiger partial charge is 0.339 e. The minimum absolute atomic E-state index is 0.00645. The fourth-order valence-electron chi connectivity index (χ4n) is 1.45. The van der Waals surface area contributed by atoms with E-state index in [1.54, 1.807) is 19.1 Å². The van der Waals surface area contributed by atoms with Gasteiger partial charge in [0.1, 0.15) is 0 Å². The molecule has 0 saturated heterocycles. The van der Waals surface area contributed by atoms with Crippen molar-refractivity contribution in [3.05, 3.63) is 32.9 Å². The first-order chi connectivity index (χ1) is 8.06. The lowest BCUT2D eigenvalue weighted by Crippen LogP contribution is -2.11. The molecular formula is C12H13IO4. The molecule has 1 aromatic rings. The summed E-state index contributed by atoms with van der Waals surface area (Å²) in [5.41, 5.74) is 1.20. The first kappa shape index (κ1) is 14.0. The van der Waals surface area contributed by atoms with Crippen molar-refractivity contribution in [3.8, 4) is 0 Å². The van der Waals surface area contributed by atoms with Crippen molar-refractivity contribution in [1.82, 2.24) is 0 Å². The molecule has 0 aromatic heterocycles. The highest BCUT2D eigenvalue weighted by Crippen LogP contribution is 2.19. The topological polar surface area (TPSA) is 63.6 Å². The van der Waals surface area contributed by atoms with Gasteiger partial charge in [0.05, 0.1) is 12.2 Å². The minimum atomic E-state index is -0.876. The summed E-state index contributed by atoms with van der Waals surface area (Å²) in [6.07, 6.45) is 0.340. The van der Waals surface area contributed by atoms with Crippen LogP contribution in [-0.2, 0) is 16.0 Å². The third kappa shape index (κ3) is 3.99. The molecule has 0 atom stereocenters. The molecule has 0 heterocycles. The van der Waals surface area contributed by atoms with Crippen LogP contribution in [0.4, 0.5) is 0 Å². The Kier molecular flexibility index (Phi) is 5.40. The van der Waals surface area contributed by atoms with Crippen LogP contribution in [0.25, 0.3) is 0 Å². The van der Waals surface area contributed by atoms with Crippen molar-refractivity contribution in [2.24, 2.45) is 0 Å². The predicted octanol–water partition coefficient (Wildman–Crippen LogP) is 2.49. The fourth-order valence-corrected chi connectivity index (χ4v) is 2.22. The van der Waals surface area contributed by atoms with Gasteiger partial charge < -0.3 is 9.84 Å². The molecule has 92 valence electrons. The molecule has 4 nitrogen and oxygen atoms in total. The number of esters is 1. The summed E-state index contributed by atoms with van der Waals surface area (Å²) in [6.45, 7) is 2.05. The number of carbonyl (C=O) groups excluding carboxylic acids is 1. The van der Waals surface area contributed by atoms with Gasteiger partial charge in [0.2, 0.25) is 0 Å². The molecule has 5 heteroatoms. The molecule has 0 aliphatic rings. The highest BCUT2D eigenvalue weighted by molar-refractivity contribution is 14.1. The molecule has 0 unspecified atom stereocenters. The second-order valence-corrected chi connectivity index (χ2v) is 4.55. The number of hydrogen-bond donors (Lipinski definition) is 1. The van der Waals surface area contributed by atoms with Gasteiger partial charge in [0, 0.05) is 9.99 Å². The lowest BCUT2D eigenvalue weighted by atomic mass is 10.0. The van der Waals surface area contributed by atoms with Crippen LogP contribution in [0, 0.1) is 3.57 Å². The van der Waals surface area contributed by atoms with Crippen LogP contribution < -0.4 is 0 Å². The first-order valence-corrected chi connectivity index (χ1v) is 6.30. The Hall–Kier alpha value is -1.11. The molecule has 0 aliphatic carbocycles. The first-order valence-electron chi connectivity index (χ1n) is 5.22. The monoisotopic (exact) mass is 348 g/mol. The van der Waals surface area contributed by atoms with Gasteiger partial charge in [-0.3, -0.25) is 4.79 Å². The summed E-state index contributed by atoms with van der Waals surface area (Å²) in [7, 11) is 0. The van der Waals surface area contributed by atoms with Crippen LogP contribution >= 0.6 is 22.6 Å². The van der Waals surface area contributed by atoms with Gasteiger partial charge in [-0.05, 0) is 47.6 Å². The lowest BCUT2D eigenvalue weighted by Gasteiger charge is -2.09. The van der Waals surface area contributed by atoms with Gasteiger partial charge in [0.25, 0.3) is 0 Å². The number of aryl methyl sites for hydroxylation is 1. The van der Waals surface area contributed by atoms with Crippen molar-refractivity contribution in [2.45, 2.75) is 19.8 Å². The zero-order chi connectivity index (χ0) is 12.8. The van der Waals surface area contributed by atoms with Crippen molar-refractivity contribution >= 4 is 34.5 Å². The normalized spacial score (nSPS) is 10.0. The maximum Gasteiger partial charge on any atom is 0.339 e. The van der Waals surface area contributed by atoms with Gasteiger partial charge in [-0.2, -0.15) is 0 Å². The average Bonchev–Trinajstić information content (AvgIpc) is 2.26. The quantitative estimate of drug-likeness (QED) is 0.656. The van der Waals surface area contributed by atoms with E-state index in [1.165, 1.54) is 0 Å². The second-order valence-electron chi connectivity index (χ2n) is 3.39. The number of rotatable bonds is 5. The Balaban J connectivity index is 2.99. The predicted molar refractivity (Wildman–Crippen MR) is 71.1 cm³/mol. The van der Waals surface area contributed by atoms with Crippen molar-refractivity contribution < 1.29 is 19.4 Å². The number of carbonyl (C=O) groups is 2. The van der Waals surface area contributed by atoms with Crippen LogP contribution in [0.2, 0.25) is 0 Å². The summed E-state index contributed by atoms with van der Waals surface area (Å²) in [6, 6.07) is 5.37. The molecule has 1 N–H and O–H groups in total. The van der Waals surface area contributed by atoms with Crippen molar-refractivity contribution in [2.75, 3.05) is 6.61 Å². The Morgan fingerprint density at radius 2 is 2.12 bits per heavy atom. The SMILES string of the molecule is CCOC(=O)c1c(I)cccc1CCC(=O)O. The van der Waals surface area contributed by atoms with Crippen LogP contribution in [0.3, 0.4) is 0 Å². The third-order valence-corrected chi connectivity index (χ3v) is 3.09. The van der Waals surface area contributed by atoms with E-state index in [2.05, 4.69) is 0 Å². The molecular weight excluding hydrogens is 335 g/mol. The second kappa shape index (κ2) is 6.58. The molecule has 0 fully saturated rings. The summed E-state index contributed by atoms with van der Waals surface area (Å²) in [5, 5.41) is 8.66. The zero-order valence-corrected chi connectivity index (χ0v) is 11.6. The van der Waals surface area contributed by atoms with Crippen LogP contribution in [-0.4, -0.2) is 23.7 Å². The highest BCUT2D eigenvalue weighted by atomic mass is 127. The number of carboxylic acids is 1. The van der Waals surface area contributed by atoms with E-state index in [0.717, 1.165) is 9.13 Å². The van der Waals surface area contributed by atoms with Gasteiger partial charge in [0.15, 0.2) is 0 Å². The van der Waals surface area contributed by atoms with E-state index in [9.17, 15) is 9.59 Å². The third-order valence-electron chi connectivity index (χ3n) is 2.19. The van der Waals surface area contributed by atoms with E-state index < -0.39 is 11.9 Å². The largest absolute Gasteiger partial charge is 0.481 e. The molecule has 0 radical (unpaired) electrons. The zero-order valence-electron chi connectivity index (χ0n) is 9.40. The molecule has 17 heavy (non-hydrogen) atoms. The molecule has 1 aromatic carbocycles. The maximum absolute atomic E-state index is 11.8. The standard InChI is InChI=1S/C12H13IO4/c1-2-17-12(16)11-8(6-7-10(14)15)4-3-5-9(11)13/h3-5H,2,6-7H2,1H3,(H,14,15). The summed E-state index contributed by atoms with van der Waals surface area (Å²) < 4.78 is 5.75. The fraction of sp³-hybridized carbons (Fsp3) is 0.333. The van der Waals surface area contributed by atoms with Gasteiger partial charge in [-0.25, -0.2) is 4.79 Å². The summed E-state index contributed by atoms with van der Waals surface area (Å²) >= 11 is 2.05. The van der Waals surface area contributed by atoms with Gasteiger partial charge in [-0.1, -0.05) is 12.1 Å². The van der Waals surface area contributed by atoms with Gasteiger partial charge >= 0.3 is 11.9 Å². The molecule has 1 rings (SSSR count). The van der Waals surface area contributed by atoms with E-state index >= 15 is 0 Å². The Labute approximate surface area is 113 Å². The number of ether oxygens (including phenoxy) is 1. The number of hydrogen-bond acceptors (Lipinski definition) is 3. The maximum atomic E-state index is 11.8. The molecule has 0 saturated carbocycles. The van der Waals surface area contributed by atoms with Gasteiger partial charge in [-0.15, -0.1) is 0 Å². The van der Waals surface area contributed by atoms with E-state index in [4.69, 9.17) is 9.84 Å². The Morgan fingerprint density at radius 1 is 1.41 bits per heavy atom. The summed E-state index contributed by atoms with van der Waals surface area (Å²) in [5.74, 6) is -1.27. The van der Waals surface area contributed by atoms with E-state index in [0.29, 0.717) is 18.6 Å². The van der Waals surface area contributed by atoms with Crippen molar-refractivity contribution in [1.29, 1.82) is 0 Å². The average molecular weight is 348 g/mol. The van der Waals surface area contributed by atoms with E-state index in [-0.39, 0.29) is 6.42 Å². The highest BCUT2D eigenvalue weighted by Gasteiger charge is 2.16. The Bertz CT molecular complexity index is 429. The molecule has 0 bridgehead atoms. The molecule has 0 spiro atoms. The Morgan fingerprint density at radius 3 is 2.71 bits per heavy atom. The summed E-state index contributed by atoms with van der Waals surface area (Å²) in [4.78, 5) is 22.3. The lowest BCUT2D eigenvalue weighted by molar-refractivity contribution is -0.136. The van der Waals surface area contributed by atoms with Crippen LogP contribution in [0.15, 0.2) is 18.2 Å². The minimum Gasteiger partial charge on any atom is -0.481 e. The number of benzene rings is 1. The molecule has 0 aliphatic heterocycles. The number of carboxylic acid groups (broad SMARTS) is 1. The number of aliphatic carboxylic acids is 1. The molecule has 0 amide bonds.